The molecule has 20 heavy (non-hydrogen) atoms. The first-order chi connectivity index (χ1) is 9.68. The lowest BCUT2D eigenvalue weighted by molar-refractivity contribution is -0.385. The molecule has 0 radical (unpaired) electrons. The summed E-state index contributed by atoms with van der Waals surface area (Å²) in [5.74, 6) is 0. The van der Waals surface area contributed by atoms with E-state index >= 15 is 0 Å². The van der Waals surface area contributed by atoms with Crippen molar-refractivity contribution < 1.29 is 4.92 Å². The molecule has 0 spiro atoms. The Morgan fingerprint density at radius 3 is 2.45 bits per heavy atom. The van der Waals surface area contributed by atoms with Crippen LogP contribution < -0.4 is 0 Å². The summed E-state index contributed by atoms with van der Waals surface area (Å²) in [5, 5.41) is 10.9. The number of rotatable bonds is 5. The third kappa shape index (κ3) is 3.51. The SMILES string of the molecule is Cc1ccccc1CN=CCc1ccccc1[N+](=O)[O-]. The highest BCUT2D eigenvalue weighted by Gasteiger charge is 2.10. The van der Waals surface area contributed by atoms with E-state index < -0.39 is 0 Å². The van der Waals surface area contributed by atoms with Crippen LogP contribution in [0.5, 0.6) is 0 Å². The van der Waals surface area contributed by atoms with Gasteiger partial charge >= 0.3 is 0 Å². The van der Waals surface area contributed by atoms with Gasteiger partial charge < -0.3 is 0 Å². The average molecular weight is 268 g/mol. The number of hydrogen-bond donors (Lipinski definition) is 0. The van der Waals surface area contributed by atoms with Gasteiger partial charge in [-0.15, -0.1) is 0 Å². The molecule has 102 valence electrons. The van der Waals surface area contributed by atoms with Crippen LogP contribution in [0.3, 0.4) is 0 Å². The molecule has 0 heterocycles. The maximum Gasteiger partial charge on any atom is 0.272 e. The highest BCUT2D eigenvalue weighted by molar-refractivity contribution is 5.64. The van der Waals surface area contributed by atoms with Crippen molar-refractivity contribution in [1.29, 1.82) is 0 Å². The monoisotopic (exact) mass is 268 g/mol. The Labute approximate surface area is 117 Å². The van der Waals surface area contributed by atoms with Crippen molar-refractivity contribution >= 4 is 11.9 Å². The predicted octanol–water partition coefficient (Wildman–Crippen LogP) is 3.72. The van der Waals surface area contributed by atoms with Crippen LogP contribution in [0, 0.1) is 17.0 Å². The van der Waals surface area contributed by atoms with Gasteiger partial charge in [0.15, 0.2) is 0 Å². The number of benzene rings is 2. The second-order valence-corrected chi connectivity index (χ2v) is 4.54. The highest BCUT2D eigenvalue weighted by atomic mass is 16.6. The molecule has 0 saturated carbocycles. The van der Waals surface area contributed by atoms with Crippen LogP contribution >= 0.6 is 0 Å². The topological polar surface area (TPSA) is 55.5 Å². The van der Waals surface area contributed by atoms with E-state index in [0.717, 1.165) is 0 Å². The van der Waals surface area contributed by atoms with Gasteiger partial charge in [-0.25, -0.2) is 0 Å². The van der Waals surface area contributed by atoms with Gasteiger partial charge in [0, 0.05) is 24.3 Å². The second kappa shape index (κ2) is 6.61. The molecule has 0 saturated heterocycles. The molecule has 0 N–H and O–H groups in total. The number of aliphatic imine (C=N–C) groups is 1. The molecule has 0 bridgehead atoms. The molecule has 2 aromatic carbocycles. The number of para-hydroxylation sites is 1. The molecule has 0 aromatic heterocycles. The van der Waals surface area contributed by atoms with Gasteiger partial charge in [0.1, 0.15) is 0 Å². The Bertz CT molecular complexity index is 636. The summed E-state index contributed by atoms with van der Waals surface area (Å²) in [6.45, 7) is 2.65. The molecule has 0 fully saturated rings. The van der Waals surface area contributed by atoms with E-state index in [0.29, 0.717) is 18.5 Å². The minimum absolute atomic E-state index is 0.148. The molecule has 0 aliphatic rings. The third-order valence-electron chi connectivity index (χ3n) is 3.15. The van der Waals surface area contributed by atoms with Gasteiger partial charge in [-0.3, -0.25) is 15.1 Å². The molecule has 0 aliphatic carbocycles. The molecule has 2 rings (SSSR count). The molecule has 0 unspecified atom stereocenters. The summed E-state index contributed by atoms with van der Waals surface area (Å²) in [7, 11) is 0. The van der Waals surface area contributed by atoms with Crippen LogP contribution in [0.2, 0.25) is 0 Å². The zero-order chi connectivity index (χ0) is 14.4. The zero-order valence-corrected chi connectivity index (χ0v) is 11.3. The zero-order valence-electron chi connectivity index (χ0n) is 11.3. The first-order valence-electron chi connectivity index (χ1n) is 6.43. The van der Waals surface area contributed by atoms with E-state index in [-0.39, 0.29) is 10.6 Å². The Morgan fingerprint density at radius 1 is 1.10 bits per heavy atom. The fourth-order valence-corrected chi connectivity index (χ4v) is 1.97. The molecular formula is C16H16N2O2. The van der Waals surface area contributed by atoms with Crippen molar-refractivity contribution in [2.75, 3.05) is 0 Å². The van der Waals surface area contributed by atoms with Gasteiger partial charge in [0.05, 0.1) is 11.5 Å². The number of nitro groups is 1. The summed E-state index contributed by atoms with van der Waals surface area (Å²) >= 11 is 0. The summed E-state index contributed by atoms with van der Waals surface area (Å²) in [6.07, 6.45) is 2.22. The van der Waals surface area contributed by atoms with E-state index in [4.69, 9.17) is 0 Å². The third-order valence-corrected chi connectivity index (χ3v) is 3.15. The Balaban J connectivity index is 2.01. The first-order valence-corrected chi connectivity index (χ1v) is 6.43. The van der Waals surface area contributed by atoms with Crippen molar-refractivity contribution in [2.24, 2.45) is 4.99 Å². The maximum atomic E-state index is 10.9. The van der Waals surface area contributed by atoms with Crippen molar-refractivity contribution in [3.63, 3.8) is 0 Å². The van der Waals surface area contributed by atoms with Crippen molar-refractivity contribution in [3.05, 3.63) is 75.3 Å². The van der Waals surface area contributed by atoms with E-state index in [9.17, 15) is 10.1 Å². The fraction of sp³-hybridized carbons (Fsp3) is 0.188. The molecule has 0 aliphatic heterocycles. The lowest BCUT2D eigenvalue weighted by atomic mass is 10.1. The van der Waals surface area contributed by atoms with E-state index in [1.807, 2.05) is 31.2 Å². The standard InChI is InChI=1S/C16H16N2O2/c1-13-6-2-3-8-15(13)12-17-11-10-14-7-4-5-9-16(14)18(19)20/h2-9,11H,10,12H2,1H3. The van der Waals surface area contributed by atoms with Gasteiger partial charge in [-0.05, 0) is 18.1 Å². The van der Waals surface area contributed by atoms with Crippen LogP contribution in [-0.2, 0) is 13.0 Å². The average Bonchev–Trinajstić information content (AvgIpc) is 2.45. The van der Waals surface area contributed by atoms with Crippen LogP contribution in [0.15, 0.2) is 53.5 Å². The minimum atomic E-state index is -0.357. The second-order valence-electron chi connectivity index (χ2n) is 4.54. The largest absolute Gasteiger partial charge is 0.292 e. The fourth-order valence-electron chi connectivity index (χ4n) is 1.97. The van der Waals surface area contributed by atoms with Crippen LogP contribution in [0.1, 0.15) is 16.7 Å². The smallest absolute Gasteiger partial charge is 0.272 e. The Hall–Kier alpha value is -2.49. The maximum absolute atomic E-state index is 10.9. The quantitative estimate of drug-likeness (QED) is 0.471. The summed E-state index contributed by atoms with van der Waals surface area (Å²) in [6, 6.07) is 14.8. The Morgan fingerprint density at radius 2 is 1.75 bits per heavy atom. The minimum Gasteiger partial charge on any atom is -0.292 e. The van der Waals surface area contributed by atoms with E-state index in [1.165, 1.54) is 17.2 Å². The Kier molecular flexibility index (Phi) is 4.60. The van der Waals surface area contributed by atoms with Gasteiger partial charge in [-0.2, -0.15) is 0 Å². The van der Waals surface area contributed by atoms with Crippen LogP contribution in [-0.4, -0.2) is 11.1 Å². The first kappa shape index (κ1) is 13.9. The summed E-state index contributed by atoms with van der Waals surface area (Å²) < 4.78 is 0. The van der Waals surface area contributed by atoms with E-state index in [2.05, 4.69) is 4.99 Å². The molecular weight excluding hydrogens is 252 g/mol. The number of hydrogen-bond acceptors (Lipinski definition) is 3. The lowest BCUT2D eigenvalue weighted by Gasteiger charge is -2.01. The summed E-state index contributed by atoms with van der Waals surface area (Å²) in [4.78, 5) is 14.9. The van der Waals surface area contributed by atoms with Crippen molar-refractivity contribution in [1.82, 2.24) is 0 Å². The lowest BCUT2D eigenvalue weighted by Crippen LogP contribution is -1.96. The van der Waals surface area contributed by atoms with Gasteiger partial charge in [0.25, 0.3) is 5.69 Å². The molecule has 4 nitrogen and oxygen atoms in total. The van der Waals surface area contributed by atoms with Gasteiger partial charge in [0.2, 0.25) is 0 Å². The van der Waals surface area contributed by atoms with E-state index in [1.54, 1.807) is 24.4 Å². The molecule has 0 atom stereocenters. The highest BCUT2D eigenvalue weighted by Crippen LogP contribution is 2.17. The van der Waals surface area contributed by atoms with Crippen molar-refractivity contribution in [2.45, 2.75) is 19.9 Å². The number of nitrogens with zero attached hydrogens (tertiary/aromatic N) is 2. The number of nitro benzene ring substituents is 1. The van der Waals surface area contributed by atoms with Crippen LogP contribution in [0.4, 0.5) is 5.69 Å². The predicted molar refractivity (Wildman–Crippen MR) is 80.2 cm³/mol. The molecule has 4 heteroatoms. The molecule has 0 amide bonds. The number of aryl methyl sites for hydroxylation is 1. The van der Waals surface area contributed by atoms with Gasteiger partial charge in [-0.1, -0.05) is 42.5 Å². The molecule has 2 aromatic rings. The van der Waals surface area contributed by atoms with Crippen LogP contribution in [0.25, 0.3) is 0 Å². The normalized spacial score (nSPS) is 10.8. The van der Waals surface area contributed by atoms with Crippen molar-refractivity contribution in [3.8, 4) is 0 Å². The summed E-state index contributed by atoms with van der Waals surface area (Å²) in [5.41, 5.74) is 3.21.